The molecule has 1 aliphatic rings. The van der Waals surface area contributed by atoms with Crippen molar-refractivity contribution in [2.24, 2.45) is 5.92 Å². The molecule has 0 saturated carbocycles. The molecule has 1 aromatic carbocycles. The summed E-state index contributed by atoms with van der Waals surface area (Å²) in [5.41, 5.74) is -1.41. The van der Waals surface area contributed by atoms with E-state index in [-0.39, 0.29) is 18.8 Å². The molecule has 0 spiro atoms. The van der Waals surface area contributed by atoms with Crippen molar-refractivity contribution < 1.29 is 36.2 Å². The summed E-state index contributed by atoms with van der Waals surface area (Å²) in [5.74, 6) is -1.64. The van der Waals surface area contributed by atoms with Gasteiger partial charge in [0.2, 0.25) is 0 Å². The van der Waals surface area contributed by atoms with Crippen LogP contribution in [0.1, 0.15) is 12.0 Å². The average Bonchev–Trinajstić information content (AvgIpc) is 2.91. The molecule has 24 heavy (non-hydrogen) atoms. The number of rotatable bonds is 5. The van der Waals surface area contributed by atoms with Crippen molar-refractivity contribution in [3.05, 3.63) is 23.8 Å². The second kappa shape index (κ2) is 6.60. The standard InChI is InChI=1S/C14H16F3NO5S/c1-24(21,22)9-2-3-11(10(6-9)14(15,16)17)18-7-8-4-5-23-12(8)13(19)20/h2-3,6,8,12,18H,4-5,7H2,1H3,(H,19,20)/t8-,12-/m0/s1. The highest BCUT2D eigenvalue weighted by atomic mass is 32.2. The Morgan fingerprint density at radius 1 is 1.42 bits per heavy atom. The van der Waals surface area contributed by atoms with Gasteiger partial charge in [-0.2, -0.15) is 13.2 Å². The molecule has 10 heteroatoms. The van der Waals surface area contributed by atoms with E-state index in [0.29, 0.717) is 12.5 Å². The minimum Gasteiger partial charge on any atom is -0.479 e. The number of aliphatic carboxylic acids is 1. The zero-order valence-electron chi connectivity index (χ0n) is 12.6. The minimum absolute atomic E-state index is 0.0295. The number of hydrogen-bond acceptors (Lipinski definition) is 5. The van der Waals surface area contributed by atoms with Crippen LogP contribution in [-0.4, -0.2) is 45.0 Å². The first-order valence-electron chi connectivity index (χ1n) is 6.99. The lowest BCUT2D eigenvalue weighted by Crippen LogP contribution is -2.31. The van der Waals surface area contributed by atoms with E-state index in [1.54, 1.807) is 0 Å². The summed E-state index contributed by atoms with van der Waals surface area (Å²) < 4.78 is 67.4. The first kappa shape index (κ1) is 18.5. The van der Waals surface area contributed by atoms with Crippen LogP contribution in [0.5, 0.6) is 0 Å². The molecule has 6 nitrogen and oxygen atoms in total. The summed E-state index contributed by atoms with van der Waals surface area (Å²) in [4.78, 5) is 10.6. The normalized spacial score (nSPS) is 21.7. The number of halogens is 3. The Labute approximate surface area is 136 Å². The van der Waals surface area contributed by atoms with Gasteiger partial charge in [0.1, 0.15) is 0 Å². The second-order valence-corrected chi connectivity index (χ2v) is 7.55. The van der Waals surface area contributed by atoms with Gasteiger partial charge in [-0.15, -0.1) is 0 Å². The van der Waals surface area contributed by atoms with Crippen molar-refractivity contribution in [2.75, 3.05) is 24.7 Å². The Morgan fingerprint density at radius 2 is 2.08 bits per heavy atom. The highest BCUT2D eigenvalue weighted by Crippen LogP contribution is 2.36. The number of carbonyl (C=O) groups is 1. The van der Waals surface area contributed by atoms with Gasteiger partial charge >= 0.3 is 12.1 Å². The van der Waals surface area contributed by atoms with E-state index in [9.17, 15) is 26.4 Å². The summed E-state index contributed by atoms with van der Waals surface area (Å²) in [6, 6.07) is 2.68. The number of carboxylic acid groups (broad SMARTS) is 1. The van der Waals surface area contributed by atoms with E-state index in [1.807, 2.05) is 0 Å². The minimum atomic E-state index is -4.75. The van der Waals surface area contributed by atoms with Crippen LogP contribution in [0.2, 0.25) is 0 Å². The third-order valence-corrected chi connectivity index (χ3v) is 4.85. The molecule has 0 aliphatic carbocycles. The number of nitrogens with one attached hydrogen (secondary N) is 1. The van der Waals surface area contributed by atoms with Crippen LogP contribution < -0.4 is 5.32 Å². The van der Waals surface area contributed by atoms with E-state index in [4.69, 9.17) is 9.84 Å². The van der Waals surface area contributed by atoms with E-state index in [0.717, 1.165) is 18.4 Å². The predicted molar refractivity (Wildman–Crippen MR) is 78.5 cm³/mol. The maximum Gasteiger partial charge on any atom is 0.418 e. The zero-order chi connectivity index (χ0) is 18.1. The Bertz CT molecular complexity index is 732. The van der Waals surface area contributed by atoms with Crippen molar-refractivity contribution in [3.63, 3.8) is 0 Å². The number of alkyl halides is 3. The van der Waals surface area contributed by atoms with Gasteiger partial charge in [-0.05, 0) is 24.6 Å². The highest BCUT2D eigenvalue weighted by molar-refractivity contribution is 7.90. The van der Waals surface area contributed by atoms with Crippen LogP contribution in [-0.2, 0) is 25.5 Å². The second-order valence-electron chi connectivity index (χ2n) is 5.54. The van der Waals surface area contributed by atoms with Crippen molar-refractivity contribution in [3.8, 4) is 0 Å². The number of carboxylic acids is 1. The Balaban J connectivity index is 2.25. The van der Waals surface area contributed by atoms with Gasteiger partial charge in [0.05, 0.1) is 10.5 Å². The molecule has 1 aromatic rings. The van der Waals surface area contributed by atoms with Gasteiger partial charge in [-0.25, -0.2) is 13.2 Å². The highest BCUT2D eigenvalue weighted by Gasteiger charge is 2.37. The number of ether oxygens (including phenoxy) is 1. The van der Waals surface area contributed by atoms with Crippen LogP contribution in [0, 0.1) is 5.92 Å². The van der Waals surface area contributed by atoms with Crippen LogP contribution in [0.4, 0.5) is 18.9 Å². The number of benzene rings is 1. The summed E-state index contributed by atoms with van der Waals surface area (Å²) >= 11 is 0. The number of hydrogen-bond donors (Lipinski definition) is 2. The SMILES string of the molecule is CS(=O)(=O)c1ccc(NC[C@@H]2CCO[C@@H]2C(=O)O)c(C(F)(F)F)c1. The van der Waals surface area contributed by atoms with Gasteiger partial charge < -0.3 is 15.2 Å². The zero-order valence-corrected chi connectivity index (χ0v) is 13.4. The maximum absolute atomic E-state index is 13.2. The topological polar surface area (TPSA) is 92.7 Å². The van der Waals surface area contributed by atoms with E-state index in [1.165, 1.54) is 0 Å². The molecular formula is C14H16F3NO5S. The molecule has 2 N–H and O–H groups in total. The van der Waals surface area contributed by atoms with Gasteiger partial charge in [-0.3, -0.25) is 0 Å². The molecule has 2 rings (SSSR count). The summed E-state index contributed by atoms with van der Waals surface area (Å²) in [5, 5.41) is 11.6. The quantitative estimate of drug-likeness (QED) is 0.827. The first-order chi connectivity index (χ1) is 11.0. The Kier molecular flexibility index (Phi) is 5.09. The largest absolute Gasteiger partial charge is 0.479 e. The van der Waals surface area contributed by atoms with Crippen molar-refractivity contribution >= 4 is 21.5 Å². The maximum atomic E-state index is 13.2. The predicted octanol–water partition coefficient (Wildman–Crippen LogP) is 2.01. The molecule has 0 bridgehead atoms. The van der Waals surface area contributed by atoms with Crippen molar-refractivity contribution in [1.82, 2.24) is 0 Å². The lowest BCUT2D eigenvalue weighted by Gasteiger charge is -2.19. The van der Waals surface area contributed by atoms with Crippen molar-refractivity contribution in [1.29, 1.82) is 0 Å². The summed E-state index contributed by atoms with van der Waals surface area (Å²) in [6.07, 6.45) is -4.58. The molecule has 1 fully saturated rings. The summed E-state index contributed by atoms with van der Waals surface area (Å²) in [7, 11) is -3.78. The van der Waals surface area contributed by atoms with Crippen molar-refractivity contribution in [2.45, 2.75) is 23.6 Å². The van der Waals surface area contributed by atoms with Gasteiger partial charge in [0.15, 0.2) is 15.9 Å². The molecule has 2 atom stereocenters. The number of sulfone groups is 1. The van der Waals surface area contributed by atoms with Gasteiger partial charge in [-0.1, -0.05) is 0 Å². The smallest absolute Gasteiger partial charge is 0.418 e. The van der Waals surface area contributed by atoms with Crippen LogP contribution >= 0.6 is 0 Å². The third-order valence-electron chi connectivity index (χ3n) is 3.74. The number of anilines is 1. The molecular weight excluding hydrogens is 351 g/mol. The molecule has 1 saturated heterocycles. The Morgan fingerprint density at radius 3 is 2.62 bits per heavy atom. The lowest BCUT2D eigenvalue weighted by atomic mass is 10.0. The van der Waals surface area contributed by atoms with Crippen LogP contribution in [0.15, 0.2) is 23.1 Å². The fourth-order valence-corrected chi connectivity index (χ4v) is 3.15. The van der Waals surface area contributed by atoms with E-state index < -0.39 is 44.5 Å². The molecule has 0 unspecified atom stereocenters. The molecule has 1 aliphatic heterocycles. The van der Waals surface area contributed by atoms with Gasteiger partial charge in [0.25, 0.3) is 0 Å². The van der Waals surface area contributed by atoms with E-state index in [2.05, 4.69) is 5.32 Å². The average molecular weight is 367 g/mol. The molecule has 0 radical (unpaired) electrons. The molecule has 1 heterocycles. The fourth-order valence-electron chi connectivity index (χ4n) is 2.50. The summed E-state index contributed by atoms with van der Waals surface area (Å²) in [6.45, 7) is 0.195. The molecule has 134 valence electrons. The van der Waals surface area contributed by atoms with Gasteiger partial charge in [0, 0.05) is 31.0 Å². The van der Waals surface area contributed by atoms with Crippen LogP contribution in [0.25, 0.3) is 0 Å². The fraction of sp³-hybridized carbons (Fsp3) is 0.500. The Hall–Kier alpha value is -1.81. The monoisotopic (exact) mass is 367 g/mol. The van der Waals surface area contributed by atoms with E-state index >= 15 is 0 Å². The third kappa shape index (κ3) is 4.18. The first-order valence-corrected chi connectivity index (χ1v) is 8.89. The molecule has 0 amide bonds. The molecule has 0 aromatic heterocycles. The van der Waals surface area contributed by atoms with Crippen LogP contribution in [0.3, 0.4) is 0 Å². The lowest BCUT2D eigenvalue weighted by molar-refractivity contribution is -0.149.